The number of rotatable bonds is 12. The number of hydrogen-bond acceptors (Lipinski definition) is 6. The number of hydrogen-bond donors (Lipinski definition) is 2. The predicted octanol–water partition coefficient (Wildman–Crippen LogP) is 2.53. The maximum atomic E-state index is 12.7. The lowest BCUT2D eigenvalue weighted by Gasteiger charge is -2.31. The number of amides is 3. The second-order valence-electron chi connectivity index (χ2n) is 8.51. The van der Waals surface area contributed by atoms with Crippen LogP contribution in [0.4, 0.5) is 0 Å². The van der Waals surface area contributed by atoms with Crippen molar-refractivity contribution in [2.45, 2.75) is 32.7 Å². The van der Waals surface area contributed by atoms with E-state index in [1.807, 2.05) is 48.2 Å². The maximum absolute atomic E-state index is 12.7. The van der Waals surface area contributed by atoms with Crippen LogP contribution in [0.3, 0.4) is 0 Å². The molecule has 194 valence electrons. The molecule has 3 rings (SSSR count). The van der Waals surface area contributed by atoms with Crippen molar-refractivity contribution >= 4 is 17.7 Å². The van der Waals surface area contributed by atoms with E-state index < -0.39 is 0 Å². The Balaban J connectivity index is 1.39. The van der Waals surface area contributed by atoms with Gasteiger partial charge in [-0.05, 0) is 49.6 Å². The quantitative estimate of drug-likeness (QED) is 0.467. The van der Waals surface area contributed by atoms with E-state index in [1.165, 1.54) is 7.11 Å². The smallest absolute Gasteiger partial charge is 0.257 e. The van der Waals surface area contributed by atoms with Gasteiger partial charge in [0.2, 0.25) is 11.8 Å². The average Bonchev–Trinajstić information content (AvgIpc) is 2.91. The summed E-state index contributed by atoms with van der Waals surface area (Å²) in [4.78, 5) is 38.6. The number of para-hydroxylation sites is 1. The molecule has 0 saturated carbocycles. The molecule has 0 radical (unpaired) electrons. The molecule has 2 N–H and O–H groups in total. The molecule has 3 amide bonds. The first-order valence-corrected chi connectivity index (χ1v) is 12.3. The number of carbonyl (C=O) groups excluding carboxylic acids is 3. The van der Waals surface area contributed by atoms with Crippen LogP contribution in [0.1, 0.15) is 31.7 Å². The number of benzene rings is 2. The van der Waals surface area contributed by atoms with Gasteiger partial charge in [-0.2, -0.15) is 0 Å². The Bertz CT molecular complexity index is 1010. The topological polar surface area (TPSA) is 106 Å². The van der Waals surface area contributed by atoms with Gasteiger partial charge in [0.25, 0.3) is 5.91 Å². The summed E-state index contributed by atoms with van der Waals surface area (Å²) in [5.74, 6) is 1.40. The fourth-order valence-electron chi connectivity index (χ4n) is 3.99. The highest BCUT2D eigenvalue weighted by atomic mass is 16.5. The minimum Gasteiger partial charge on any atom is -0.493 e. The zero-order valence-corrected chi connectivity index (χ0v) is 21.0. The summed E-state index contributed by atoms with van der Waals surface area (Å²) in [6.07, 6.45) is 1.58. The van der Waals surface area contributed by atoms with Crippen LogP contribution in [0.15, 0.2) is 48.5 Å². The first-order chi connectivity index (χ1) is 17.5. The van der Waals surface area contributed by atoms with Crippen molar-refractivity contribution in [3.63, 3.8) is 0 Å². The SMILES string of the molecule is CCNC(=O)COc1ccc(CNC(=O)C2CCN(C(=O)CCOc3ccccc3)CC2)cc1OC. The fraction of sp³-hybridized carbons (Fsp3) is 0.444. The first-order valence-electron chi connectivity index (χ1n) is 12.3. The van der Waals surface area contributed by atoms with Crippen LogP contribution < -0.4 is 24.8 Å². The second kappa shape index (κ2) is 14.0. The standard InChI is InChI=1S/C27H35N3O6/c1-3-28-25(31)19-36-23-10-9-20(17-24(23)34-2)18-29-27(33)21-11-14-30(15-12-21)26(32)13-16-35-22-7-5-4-6-8-22/h4-10,17,21H,3,11-16,18-19H2,1-2H3,(H,28,31)(H,29,33). The molecule has 9 heteroatoms. The van der Waals surface area contributed by atoms with Crippen LogP contribution in [0.5, 0.6) is 17.2 Å². The van der Waals surface area contributed by atoms with Crippen molar-refractivity contribution in [3.05, 3.63) is 54.1 Å². The van der Waals surface area contributed by atoms with Crippen molar-refractivity contribution in [1.82, 2.24) is 15.5 Å². The highest BCUT2D eigenvalue weighted by Gasteiger charge is 2.27. The highest BCUT2D eigenvalue weighted by Crippen LogP contribution is 2.28. The molecule has 0 atom stereocenters. The van der Waals surface area contributed by atoms with Crippen LogP contribution in [0, 0.1) is 5.92 Å². The zero-order valence-electron chi connectivity index (χ0n) is 21.0. The van der Waals surface area contributed by atoms with Gasteiger partial charge in [0.1, 0.15) is 5.75 Å². The Labute approximate surface area is 212 Å². The third-order valence-electron chi connectivity index (χ3n) is 5.97. The van der Waals surface area contributed by atoms with Gasteiger partial charge >= 0.3 is 0 Å². The van der Waals surface area contributed by atoms with Gasteiger partial charge in [0.15, 0.2) is 18.1 Å². The van der Waals surface area contributed by atoms with Crippen molar-refractivity contribution < 1.29 is 28.6 Å². The second-order valence-corrected chi connectivity index (χ2v) is 8.51. The van der Waals surface area contributed by atoms with Crippen LogP contribution in [0.25, 0.3) is 0 Å². The number of methoxy groups -OCH3 is 1. The molecule has 0 unspecified atom stereocenters. The number of likely N-dealkylation sites (N-methyl/N-ethyl adjacent to an activating group) is 1. The van der Waals surface area contributed by atoms with E-state index in [9.17, 15) is 14.4 Å². The molecule has 1 heterocycles. The molecule has 0 bridgehead atoms. The summed E-state index contributed by atoms with van der Waals surface area (Å²) in [6.45, 7) is 4.10. The predicted molar refractivity (Wildman–Crippen MR) is 135 cm³/mol. The van der Waals surface area contributed by atoms with Gasteiger partial charge in [0.05, 0.1) is 20.1 Å². The zero-order chi connectivity index (χ0) is 25.8. The molecular formula is C27H35N3O6. The van der Waals surface area contributed by atoms with E-state index in [1.54, 1.807) is 12.1 Å². The Hall–Kier alpha value is -3.75. The normalized spacial score (nSPS) is 13.6. The number of nitrogens with one attached hydrogen (secondary N) is 2. The lowest BCUT2D eigenvalue weighted by molar-refractivity contribution is -0.136. The van der Waals surface area contributed by atoms with Gasteiger partial charge in [-0.25, -0.2) is 0 Å². The van der Waals surface area contributed by atoms with Crippen molar-refractivity contribution in [2.24, 2.45) is 5.92 Å². The van der Waals surface area contributed by atoms with Crippen LogP contribution in [-0.4, -0.2) is 62.6 Å². The Morgan fingerprint density at radius 3 is 2.42 bits per heavy atom. The van der Waals surface area contributed by atoms with Crippen LogP contribution in [0.2, 0.25) is 0 Å². The largest absolute Gasteiger partial charge is 0.493 e. The molecule has 2 aromatic rings. The molecular weight excluding hydrogens is 462 g/mol. The van der Waals surface area contributed by atoms with Gasteiger partial charge in [-0.1, -0.05) is 24.3 Å². The summed E-state index contributed by atoms with van der Waals surface area (Å²) in [5.41, 5.74) is 0.858. The molecule has 0 spiro atoms. The molecule has 0 aromatic heterocycles. The average molecular weight is 498 g/mol. The molecule has 9 nitrogen and oxygen atoms in total. The number of nitrogens with zero attached hydrogens (tertiary/aromatic N) is 1. The van der Waals surface area contributed by atoms with Crippen molar-refractivity contribution in [3.8, 4) is 17.2 Å². The monoisotopic (exact) mass is 497 g/mol. The number of likely N-dealkylation sites (tertiary alicyclic amines) is 1. The molecule has 0 aliphatic carbocycles. The van der Waals surface area contributed by atoms with Gasteiger partial charge in [0, 0.05) is 32.1 Å². The molecule has 36 heavy (non-hydrogen) atoms. The Morgan fingerprint density at radius 1 is 0.972 bits per heavy atom. The summed E-state index contributed by atoms with van der Waals surface area (Å²) in [5, 5.41) is 5.65. The number of piperidine rings is 1. The van der Waals surface area contributed by atoms with E-state index >= 15 is 0 Å². The van der Waals surface area contributed by atoms with E-state index in [4.69, 9.17) is 14.2 Å². The molecule has 1 aliphatic heterocycles. The molecule has 2 aromatic carbocycles. The molecule has 1 aliphatic rings. The van der Waals surface area contributed by atoms with Crippen LogP contribution >= 0.6 is 0 Å². The third kappa shape index (κ3) is 8.18. The third-order valence-corrected chi connectivity index (χ3v) is 5.97. The fourth-order valence-corrected chi connectivity index (χ4v) is 3.99. The molecule has 1 saturated heterocycles. The summed E-state index contributed by atoms with van der Waals surface area (Å²) in [6, 6.07) is 14.8. The minimum atomic E-state index is -0.204. The van der Waals surface area contributed by atoms with Gasteiger partial charge in [-0.3, -0.25) is 14.4 Å². The van der Waals surface area contributed by atoms with Gasteiger partial charge in [-0.15, -0.1) is 0 Å². The Morgan fingerprint density at radius 2 is 1.72 bits per heavy atom. The summed E-state index contributed by atoms with van der Waals surface area (Å²) < 4.78 is 16.5. The number of ether oxygens (including phenoxy) is 3. The summed E-state index contributed by atoms with van der Waals surface area (Å²) >= 11 is 0. The molecule has 1 fully saturated rings. The first kappa shape index (κ1) is 26.8. The Kier molecular flexibility index (Phi) is 10.4. The maximum Gasteiger partial charge on any atom is 0.257 e. The van der Waals surface area contributed by atoms with E-state index in [0.717, 1.165) is 11.3 Å². The lowest BCUT2D eigenvalue weighted by Crippen LogP contribution is -2.43. The van der Waals surface area contributed by atoms with E-state index in [0.29, 0.717) is 63.5 Å². The summed E-state index contributed by atoms with van der Waals surface area (Å²) in [7, 11) is 1.53. The lowest BCUT2D eigenvalue weighted by atomic mass is 9.95. The number of carbonyl (C=O) groups is 3. The van der Waals surface area contributed by atoms with Gasteiger partial charge < -0.3 is 29.7 Å². The minimum absolute atomic E-state index is 0.0231. The van der Waals surface area contributed by atoms with Crippen molar-refractivity contribution in [1.29, 1.82) is 0 Å². The van der Waals surface area contributed by atoms with Crippen LogP contribution in [-0.2, 0) is 20.9 Å². The van der Waals surface area contributed by atoms with E-state index in [2.05, 4.69) is 10.6 Å². The van der Waals surface area contributed by atoms with Crippen molar-refractivity contribution in [2.75, 3.05) is 40.0 Å². The highest BCUT2D eigenvalue weighted by molar-refractivity contribution is 5.80. The van der Waals surface area contributed by atoms with E-state index in [-0.39, 0.29) is 30.2 Å².